The van der Waals surface area contributed by atoms with Gasteiger partial charge in [0.05, 0.1) is 0 Å². The van der Waals surface area contributed by atoms with Crippen LogP contribution < -0.4 is 0 Å². The Bertz CT molecular complexity index is 1470. The van der Waals surface area contributed by atoms with Crippen LogP contribution in [0.15, 0.2) is 60.8 Å². The first-order valence-electron chi connectivity index (χ1n) is 36.8. The molecule has 0 amide bonds. The highest BCUT2D eigenvalue weighted by atomic mass is 16.6. The number of esters is 3. The fourth-order valence-electron chi connectivity index (χ4n) is 11.1. The summed E-state index contributed by atoms with van der Waals surface area (Å²) in [6, 6.07) is 0. The molecule has 0 saturated heterocycles. The van der Waals surface area contributed by atoms with Crippen LogP contribution in [0.25, 0.3) is 0 Å². The maximum Gasteiger partial charge on any atom is 0.306 e. The van der Waals surface area contributed by atoms with E-state index in [4.69, 9.17) is 14.2 Å². The van der Waals surface area contributed by atoms with Gasteiger partial charge in [-0.1, -0.05) is 370 Å². The molecule has 0 aromatic rings. The van der Waals surface area contributed by atoms with Crippen molar-refractivity contribution in [1.29, 1.82) is 0 Å². The molecule has 0 heterocycles. The smallest absolute Gasteiger partial charge is 0.306 e. The van der Waals surface area contributed by atoms with Crippen LogP contribution >= 0.6 is 0 Å². The first kappa shape index (κ1) is 80.1. The lowest BCUT2D eigenvalue weighted by Crippen LogP contribution is -2.30. The number of hydrogen-bond acceptors (Lipinski definition) is 6. The lowest BCUT2D eigenvalue weighted by Gasteiger charge is -2.18. The third-order valence-electron chi connectivity index (χ3n) is 16.5. The predicted molar refractivity (Wildman–Crippen MR) is 362 cm³/mol. The number of unbranched alkanes of at least 4 members (excludes halogenated alkanes) is 47. The minimum atomic E-state index is -0.771. The standard InChI is InChI=1S/C77H140O6/c1-4-7-10-13-16-19-22-24-26-28-30-32-34-36-38-39-40-42-43-45-47-49-51-53-55-58-61-64-67-70-76(79)82-73-74(72-81-75(78)69-66-63-60-57-21-18-15-12-9-6-3)83-77(80)71-68-65-62-59-56-54-52-50-48-46-44-41-37-35-33-31-29-27-25-23-20-17-14-11-8-5-2/h7,10,16,19,24,26,30,32,36,38,74H,4-6,8-9,11-15,17-18,20-23,25,27-29,31,33-35,37,39-73H2,1-3H3/b10-7-,19-16-,26-24-,32-30-,38-36-. The SMILES string of the molecule is CC/C=C\C/C=C\C/C=C\C/C=C\C/C=C\CCCCCCCCCCCCCCCC(=O)OCC(COC(=O)CCCCCCCCCCCC)OC(=O)CCCCCCCCCCCCCCCCCCCCCCCCCCCC. The molecule has 6 heteroatoms. The Morgan fingerprint density at radius 3 is 0.735 bits per heavy atom. The lowest BCUT2D eigenvalue weighted by molar-refractivity contribution is -0.167. The van der Waals surface area contributed by atoms with Crippen LogP contribution in [0.4, 0.5) is 0 Å². The second-order valence-electron chi connectivity index (χ2n) is 24.8. The maximum atomic E-state index is 13.0. The Hall–Kier alpha value is -2.89. The van der Waals surface area contributed by atoms with E-state index < -0.39 is 6.10 Å². The fourth-order valence-corrected chi connectivity index (χ4v) is 11.1. The molecule has 0 radical (unpaired) electrons. The quantitative estimate of drug-likeness (QED) is 0.0261. The van der Waals surface area contributed by atoms with Crippen molar-refractivity contribution in [2.75, 3.05) is 13.2 Å². The molecule has 0 saturated carbocycles. The second-order valence-corrected chi connectivity index (χ2v) is 24.8. The summed E-state index contributed by atoms with van der Waals surface area (Å²) >= 11 is 0. The predicted octanol–water partition coefficient (Wildman–Crippen LogP) is 25.5. The van der Waals surface area contributed by atoms with Gasteiger partial charge in [0.15, 0.2) is 6.10 Å². The van der Waals surface area contributed by atoms with Crippen LogP contribution in [-0.4, -0.2) is 37.2 Å². The lowest BCUT2D eigenvalue weighted by atomic mass is 10.0. The van der Waals surface area contributed by atoms with Gasteiger partial charge < -0.3 is 14.2 Å². The zero-order valence-electron chi connectivity index (χ0n) is 55.7. The molecule has 83 heavy (non-hydrogen) atoms. The first-order valence-corrected chi connectivity index (χ1v) is 36.8. The Morgan fingerprint density at radius 1 is 0.253 bits per heavy atom. The topological polar surface area (TPSA) is 78.9 Å². The summed E-state index contributed by atoms with van der Waals surface area (Å²) in [5, 5.41) is 0. The van der Waals surface area contributed by atoms with E-state index in [9.17, 15) is 14.4 Å². The molecule has 0 aliphatic heterocycles. The van der Waals surface area contributed by atoms with Crippen LogP contribution in [0.3, 0.4) is 0 Å². The highest BCUT2D eigenvalue weighted by Gasteiger charge is 2.19. The molecular weight excluding hydrogens is 1020 g/mol. The minimum absolute atomic E-state index is 0.0679. The molecule has 6 nitrogen and oxygen atoms in total. The van der Waals surface area contributed by atoms with Crippen LogP contribution in [0.5, 0.6) is 0 Å². The number of hydrogen-bond donors (Lipinski definition) is 0. The molecule has 0 fully saturated rings. The molecule has 484 valence electrons. The van der Waals surface area contributed by atoms with Gasteiger partial charge in [0.2, 0.25) is 0 Å². The van der Waals surface area contributed by atoms with E-state index in [2.05, 4.69) is 81.5 Å². The molecule has 0 bridgehead atoms. The molecule has 0 spiro atoms. The van der Waals surface area contributed by atoms with E-state index in [1.165, 1.54) is 263 Å². The highest BCUT2D eigenvalue weighted by molar-refractivity contribution is 5.71. The zero-order chi connectivity index (χ0) is 59.9. The summed E-state index contributed by atoms with van der Waals surface area (Å²) in [5.41, 5.74) is 0. The van der Waals surface area contributed by atoms with Gasteiger partial charge in [-0.25, -0.2) is 0 Å². The molecule has 0 aliphatic rings. The molecule has 0 rings (SSSR count). The van der Waals surface area contributed by atoms with Crippen molar-refractivity contribution in [3.8, 4) is 0 Å². The van der Waals surface area contributed by atoms with Crippen molar-refractivity contribution < 1.29 is 28.6 Å². The zero-order valence-corrected chi connectivity index (χ0v) is 55.7. The van der Waals surface area contributed by atoms with Gasteiger partial charge >= 0.3 is 17.9 Å². The Kier molecular flexibility index (Phi) is 69.1. The summed E-state index contributed by atoms with van der Waals surface area (Å²) in [6.07, 6.45) is 92.7. The van der Waals surface area contributed by atoms with Crippen LogP contribution in [0.2, 0.25) is 0 Å². The van der Waals surface area contributed by atoms with Gasteiger partial charge in [-0.3, -0.25) is 14.4 Å². The summed E-state index contributed by atoms with van der Waals surface area (Å²) in [6.45, 7) is 6.58. The van der Waals surface area contributed by atoms with E-state index in [1.807, 2.05) is 0 Å². The van der Waals surface area contributed by atoms with Crippen molar-refractivity contribution in [3.05, 3.63) is 60.8 Å². The number of allylic oxidation sites excluding steroid dienone is 10. The average molecular weight is 1160 g/mol. The highest BCUT2D eigenvalue weighted by Crippen LogP contribution is 2.19. The molecule has 0 aliphatic carbocycles. The Morgan fingerprint density at radius 2 is 0.470 bits per heavy atom. The summed E-state index contributed by atoms with van der Waals surface area (Å²) < 4.78 is 17.0. The molecule has 0 aromatic heterocycles. The largest absolute Gasteiger partial charge is 0.462 e. The van der Waals surface area contributed by atoms with Gasteiger partial charge in [0.25, 0.3) is 0 Å². The molecule has 1 atom stereocenters. The molecule has 0 aromatic carbocycles. The fraction of sp³-hybridized carbons (Fsp3) is 0.831. The van der Waals surface area contributed by atoms with Crippen LogP contribution in [0, 0.1) is 0 Å². The van der Waals surface area contributed by atoms with E-state index in [0.29, 0.717) is 19.3 Å². The third kappa shape index (κ3) is 69.8. The van der Waals surface area contributed by atoms with Crippen molar-refractivity contribution in [3.63, 3.8) is 0 Å². The Labute approximate surface area is 517 Å². The summed E-state index contributed by atoms with van der Waals surface area (Å²) in [7, 11) is 0. The van der Waals surface area contributed by atoms with E-state index in [-0.39, 0.29) is 31.1 Å². The van der Waals surface area contributed by atoms with Crippen molar-refractivity contribution in [2.45, 2.75) is 399 Å². The monoisotopic (exact) mass is 1160 g/mol. The molecule has 1 unspecified atom stereocenters. The van der Waals surface area contributed by atoms with E-state index in [1.54, 1.807) is 0 Å². The molecular formula is C77H140O6. The maximum absolute atomic E-state index is 13.0. The summed E-state index contributed by atoms with van der Waals surface area (Å²) in [5.74, 6) is -0.844. The number of carbonyl (C=O) groups is 3. The van der Waals surface area contributed by atoms with Crippen molar-refractivity contribution >= 4 is 17.9 Å². The number of carbonyl (C=O) groups excluding carboxylic acids is 3. The van der Waals surface area contributed by atoms with Crippen molar-refractivity contribution in [1.82, 2.24) is 0 Å². The first-order chi connectivity index (χ1) is 41.0. The summed E-state index contributed by atoms with van der Waals surface area (Å²) in [4.78, 5) is 38.4. The third-order valence-corrected chi connectivity index (χ3v) is 16.5. The van der Waals surface area contributed by atoms with Gasteiger partial charge in [-0.2, -0.15) is 0 Å². The van der Waals surface area contributed by atoms with Crippen LogP contribution in [0.1, 0.15) is 393 Å². The van der Waals surface area contributed by atoms with E-state index >= 15 is 0 Å². The van der Waals surface area contributed by atoms with Gasteiger partial charge in [0.1, 0.15) is 13.2 Å². The van der Waals surface area contributed by atoms with Gasteiger partial charge in [-0.15, -0.1) is 0 Å². The van der Waals surface area contributed by atoms with Gasteiger partial charge in [-0.05, 0) is 64.2 Å². The molecule has 0 N–H and O–H groups in total. The minimum Gasteiger partial charge on any atom is -0.462 e. The average Bonchev–Trinajstić information content (AvgIpc) is 3.49. The van der Waals surface area contributed by atoms with Gasteiger partial charge in [0, 0.05) is 19.3 Å². The van der Waals surface area contributed by atoms with E-state index in [0.717, 1.165) is 89.9 Å². The van der Waals surface area contributed by atoms with Crippen LogP contribution in [-0.2, 0) is 28.6 Å². The number of ether oxygens (including phenoxy) is 3. The number of rotatable bonds is 68. The Balaban J connectivity index is 4.13. The second kappa shape index (κ2) is 71.6. The van der Waals surface area contributed by atoms with Crippen molar-refractivity contribution in [2.24, 2.45) is 0 Å². The normalized spacial score (nSPS) is 12.4.